The third kappa shape index (κ3) is 4.44. The smallest absolute Gasteiger partial charge is 0.252 e. The van der Waals surface area contributed by atoms with Crippen LogP contribution in [0.15, 0.2) is 22.7 Å². The van der Waals surface area contributed by atoms with Gasteiger partial charge in [-0.15, -0.1) is 0 Å². The minimum Gasteiger partial charge on any atom is -0.388 e. The molecule has 0 aromatic heterocycles. The van der Waals surface area contributed by atoms with E-state index in [9.17, 15) is 9.90 Å². The predicted octanol–water partition coefficient (Wildman–Crippen LogP) is 4.16. The van der Waals surface area contributed by atoms with Gasteiger partial charge < -0.3 is 10.4 Å². The Kier molecular flexibility index (Phi) is 5.69. The maximum atomic E-state index is 12.2. The molecule has 0 saturated heterocycles. The summed E-state index contributed by atoms with van der Waals surface area (Å²) in [5.41, 5.74) is -0.350. The van der Waals surface area contributed by atoms with Crippen LogP contribution in [-0.4, -0.2) is 23.2 Å². The number of aliphatic hydroxyl groups is 1. The van der Waals surface area contributed by atoms with Gasteiger partial charge in [-0.1, -0.05) is 40.9 Å². The largest absolute Gasteiger partial charge is 0.388 e. The first-order chi connectivity index (χ1) is 9.93. The third-order valence-electron chi connectivity index (χ3n) is 4.36. The van der Waals surface area contributed by atoms with Crippen molar-refractivity contribution in [1.82, 2.24) is 5.32 Å². The van der Waals surface area contributed by atoms with Gasteiger partial charge in [0.2, 0.25) is 0 Å². The van der Waals surface area contributed by atoms with Gasteiger partial charge in [0.05, 0.1) is 16.2 Å². The Bertz CT molecular complexity index is 513. The number of hydrogen-bond donors (Lipinski definition) is 2. The highest BCUT2D eigenvalue weighted by Gasteiger charge is 2.33. The highest BCUT2D eigenvalue weighted by Crippen LogP contribution is 2.33. The molecule has 1 aromatic rings. The van der Waals surface area contributed by atoms with Crippen LogP contribution in [0.1, 0.15) is 49.4 Å². The van der Waals surface area contributed by atoms with Crippen molar-refractivity contribution in [1.29, 1.82) is 0 Å². The molecule has 1 aromatic carbocycles. The van der Waals surface area contributed by atoms with Crippen molar-refractivity contribution in [2.45, 2.75) is 44.6 Å². The van der Waals surface area contributed by atoms with E-state index in [1.54, 1.807) is 18.2 Å². The van der Waals surface area contributed by atoms with E-state index < -0.39 is 5.60 Å². The fraction of sp³-hybridized carbons (Fsp3) is 0.562. The standard InChI is InChI=1S/C16H21BrClNO2/c1-2-11-5-7-16(21,8-6-11)10-19-15(20)13-9-12(17)3-4-14(13)18/h3-4,9,11,21H,2,5-8,10H2,1H3,(H,19,20). The maximum absolute atomic E-state index is 12.2. The third-order valence-corrected chi connectivity index (χ3v) is 5.19. The quantitative estimate of drug-likeness (QED) is 0.831. The first kappa shape index (κ1) is 16.8. The monoisotopic (exact) mass is 373 g/mol. The first-order valence-corrected chi connectivity index (χ1v) is 8.56. The Morgan fingerprint density at radius 1 is 1.48 bits per heavy atom. The van der Waals surface area contributed by atoms with Crippen LogP contribution in [0, 0.1) is 5.92 Å². The van der Waals surface area contributed by atoms with E-state index in [1.165, 1.54) is 0 Å². The molecular formula is C16H21BrClNO2. The highest BCUT2D eigenvalue weighted by atomic mass is 79.9. The Labute approximate surface area is 139 Å². The minimum absolute atomic E-state index is 0.243. The van der Waals surface area contributed by atoms with E-state index in [4.69, 9.17) is 11.6 Å². The number of hydrogen-bond acceptors (Lipinski definition) is 2. The molecule has 0 aliphatic heterocycles. The Balaban J connectivity index is 1.93. The molecule has 2 rings (SSSR count). The Morgan fingerprint density at radius 2 is 2.14 bits per heavy atom. The molecule has 1 aliphatic rings. The lowest BCUT2D eigenvalue weighted by molar-refractivity contribution is -0.00786. The van der Waals surface area contributed by atoms with Gasteiger partial charge in [-0.05, 0) is 49.8 Å². The number of carbonyl (C=O) groups excluding carboxylic acids is 1. The maximum Gasteiger partial charge on any atom is 0.252 e. The zero-order chi connectivity index (χ0) is 15.5. The summed E-state index contributed by atoms with van der Waals surface area (Å²) in [5.74, 6) is 0.466. The van der Waals surface area contributed by atoms with Crippen molar-refractivity contribution in [2.24, 2.45) is 5.92 Å². The zero-order valence-electron chi connectivity index (χ0n) is 12.2. The first-order valence-electron chi connectivity index (χ1n) is 7.39. The molecule has 5 heteroatoms. The molecule has 0 unspecified atom stereocenters. The van der Waals surface area contributed by atoms with Gasteiger partial charge in [-0.3, -0.25) is 4.79 Å². The van der Waals surface area contributed by atoms with E-state index in [0.717, 1.165) is 36.6 Å². The number of carbonyl (C=O) groups is 1. The Hall–Kier alpha value is -0.580. The molecule has 0 atom stereocenters. The van der Waals surface area contributed by atoms with Gasteiger partial charge in [-0.25, -0.2) is 0 Å². The van der Waals surface area contributed by atoms with Crippen LogP contribution in [0.3, 0.4) is 0 Å². The molecule has 1 fully saturated rings. The minimum atomic E-state index is -0.778. The topological polar surface area (TPSA) is 49.3 Å². The molecule has 3 nitrogen and oxygen atoms in total. The summed E-state index contributed by atoms with van der Waals surface area (Å²) in [6.07, 6.45) is 4.72. The summed E-state index contributed by atoms with van der Waals surface area (Å²) in [5, 5.41) is 13.8. The fourth-order valence-electron chi connectivity index (χ4n) is 2.81. The fourth-order valence-corrected chi connectivity index (χ4v) is 3.38. The molecule has 1 saturated carbocycles. The van der Waals surface area contributed by atoms with Crippen LogP contribution in [0.5, 0.6) is 0 Å². The second-order valence-electron chi connectivity index (χ2n) is 5.88. The van der Waals surface area contributed by atoms with Gasteiger partial charge >= 0.3 is 0 Å². The summed E-state index contributed by atoms with van der Waals surface area (Å²) in [6, 6.07) is 5.16. The predicted molar refractivity (Wildman–Crippen MR) is 88.7 cm³/mol. The second kappa shape index (κ2) is 7.12. The Morgan fingerprint density at radius 3 is 2.76 bits per heavy atom. The van der Waals surface area contributed by atoms with E-state index in [0.29, 0.717) is 16.5 Å². The summed E-state index contributed by atoms with van der Waals surface area (Å²) >= 11 is 9.37. The summed E-state index contributed by atoms with van der Waals surface area (Å²) in [6.45, 7) is 2.47. The van der Waals surface area contributed by atoms with Crippen molar-refractivity contribution < 1.29 is 9.90 Å². The summed E-state index contributed by atoms with van der Waals surface area (Å²) in [7, 11) is 0. The summed E-state index contributed by atoms with van der Waals surface area (Å²) in [4.78, 5) is 12.2. The van der Waals surface area contributed by atoms with E-state index in [-0.39, 0.29) is 12.5 Å². The number of amides is 1. The van der Waals surface area contributed by atoms with E-state index >= 15 is 0 Å². The van der Waals surface area contributed by atoms with E-state index in [1.807, 2.05) is 0 Å². The van der Waals surface area contributed by atoms with Crippen LogP contribution >= 0.6 is 27.5 Å². The molecule has 0 radical (unpaired) electrons. The molecule has 116 valence electrons. The zero-order valence-corrected chi connectivity index (χ0v) is 14.5. The molecule has 0 heterocycles. The molecule has 2 N–H and O–H groups in total. The SMILES string of the molecule is CCC1CCC(O)(CNC(=O)c2cc(Br)ccc2Cl)CC1. The van der Waals surface area contributed by atoms with Gasteiger partial charge in [-0.2, -0.15) is 0 Å². The van der Waals surface area contributed by atoms with Crippen molar-refractivity contribution >= 4 is 33.4 Å². The molecule has 21 heavy (non-hydrogen) atoms. The van der Waals surface area contributed by atoms with Crippen molar-refractivity contribution in [3.63, 3.8) is 0 Å². The molecule has 0 bridgehead atoms. The van der Waals surface area contributed by atoms with Crippen LogP contribution < -0.4 is 5.32 Å². The van der Waals surface area contributed by atoms with Gasteiger partial charge in [0.25, 0.3) is 5.91 Å². The highest BCUT2D eigenvalue weighted by molar-refractivity contribution is 9.10. The lowest BCUT2D eigenvalue weighted by Gasteiger charge is -2.35. The van der Waals surface area contributed by atoms with Gasteiger partial charge in [0, 0.05) is 11.0 Å². The molecule has 1 aliphatic carbocycles. The van der Waals surface area contributed by atoms with Crippen LogP contribution in [0.25, 0.3) is 0 Å². The van der Waals surface area contributed by atoms with Gasteiger partial charge in [0.15, 0.2) is 0 Å². The van der Waals surface area contributed by atoms with Crippen LogP contribution in [-0.2, 0) is 0 Å². The average molecular weight is 375 g/mol. The lowest BCUT2D eigenvalue weighted by Crippen LogP contribution is -2.45. The summed E-state index contributed by atoms with van der Waals surface area (Å²) < 4.78 is 0.805. The van der Waals surface area contributed by atoms with Crippen LogP contribution in [0.4, 0.5) is 0 Å². The number of rotatable bonds is 4. The van der Waals surface area contributed by atoms with Gasteiger partial charge in [0.1, 0.15) is 0 Å². The van der Waals surface area contributed by atoms with Crippen molar-refractivity contribution in [2.75, 3.05) is 6.54 Å². The lowest BCUT2D eigenvalue weighted by atomic mass is 9.78. The molecular weight excluding hydrogens is 354 g/mol. The normalized spacial score (nSPS) is 25.6. The molecule has 1 amide bonds. The molecule has 0 spiro atoms. The number of halogens is 2. The second-order valence-corrected chi connectivity index (χ2v) is 7.21. The van der Waals surface area contributed by atoms with Crippen molar-refractivity contribution in [3.05, 3.63) is 33.3 Å². The number of benzene rings is 1. The average Bonchev–Trinajstić information content (AvgIpc) is 2.48. The van der Waals surface area contributed by atoms with Crippen LogP contribution in [0.2, 0.25) is 5.02 Å². The van der Waals surface area contributed by atoms with Crippen molar-refractivity contribution in [3.8, 4) is 0 Å². The number of nitrogens with one attached hydrogen (secondary N) is 1. The van der Waals surface area contributed by atoms with E-state index in [2.05, 4.69) is 28.2 Å².